The SMILES string of the molecule is COC(OC)C(=O)OCCCCCO. The van der Waals surface area contributed by atoms with Crippen LogP contribution in [0.15, 0.2) is 0 Å². The molecule has 0 bridgehead atoms. The van der Waals surface area contributed by atoms with Crippen LogP contribution in [0, 0.1) is 0 Å². The van der Waals surface area contributed by atoms with Crippen molar-refractivity contribution >= 4 is 5.97 Å². The zero-order valence-corrected chi connectivity index (χ0v) is 8.69. The molecule has 0 fully saturated rings. The molecule has 0 spiro atoms. The van der Waals surface area contributed by atoms with Gasteiger partial charge >= 0.3 is 5.97 Å². The molecule has 14 heavy (non-hydrogen) atoms. The fourth-order valence-corrected chi connectivity index (χ4v) is 0.920. The lowest BCUT2D eigenvalue weighted by atomic mass is 10.2. The maximum atomic E-state index is 11.1. The third-order valence-corrected chi connectivity index (χ3v) is 1.67. The van der Waals surface area contributed by atoms with E-state index in [2.05, 4.69) is 0 Å². The van der Waals surface area contributed by atoms with Gasteiger partial charge in [-0.1, -0.05) is 0 Å². The van der Waals surface area contributed by atoms with Crippen molar-refractivity contribution in [3.63, 3.8) is 0 Å². The molecular weight excluding hydrogens is 188 g/mol. The van der Waals surface area contributed by atoms with Gasteiger partial charge in [-0.2, -0.15) is 0 Å². The molecule has 0 rings (SSSR count). The summed E-state index contributed by atoms with van der Waals surface area (Å²) in [5.74, 6) is -0.515. The Morgan fingerprint density at radius 2 is 1.86 bits per heavy atom. The molecule has 5 nitrogen and oxygen atoms in total. The van der Waals surface area contributed by atoms with Crippen molar-refractivity contribution in [1.82, 2.24) is 0 Å². The molecule has 0 atom stereocenters. The zero-order chi connectivity index (χ0) is 10.8. The number of hydrogen-bond acceptors (Lipinski definition) is 5. The second-order valence-corrected chi connectivity index (χ2v) is 2.76. The standard InChI is InChI=1S/C9H18O5/c1-12-9(13-2)8(11)14-7-5-3-4-6-10/h9-10H,3-7H2,1-2H3. The Hall–Kier alpha value is -0.650. The van der Waals surface area contributed by atoms with E-state index in [1.165, 1.54) is 14.2 Å². The van der Waals surface area contributed by atoms with Crippen LogP contribution in [-0.4, -0.2) is 44.8 Å². The number of aliphatic hydroxyl groups excluding tert-OH is 1. The third-order valence-electron chi connectivity index (χ3n) is 1.67. The smallest absolute Gasteiger partial charge is 0.363 e. The highest BCUT2D eigenvalue weighted by Crippen LogP contribution is 1.99. The van der Waals surface area contributed by atoms with Crippen molar-refractivity contribution in [2.24, 2.45) is 0 Å². The molecule has 84 valence electrons. The maximum absolute atomic E-state index is 11.1. The summed E-state index contributed by atoms with van der Waals surface area (Å²) < 4.78 is 14.3. The molecule has 0 heterocycles. The number of ether oxygens (including phenoxy) is 3. The van der Waals surface area contributed by atoms with Gasteiger partial charge in [0.25, 0.3) is 6.29 Å². The number of carbonyl (C=O) groups excluding carboxylic acids is 1. The molecule has 0 aromatic carbocycles. The van der Waals surface area contributed by atoms with Gasteiger partial charge in [-0.25, -0.2) is 4.79 Å². The van der Waals surface area contributed by atoms with Gasteiger partial charge in [-0.15, -0.1) is 0 Å². The summed E-state index contributed by atoms with van der Waals surface area (Å²) in [4.78, 5) is 11.1. The molecule has 0 saturated carbocycles. The van der Waals surface area contributed by atoms with Crippen LogP contribution in [-0.2, 0) is 19.0 Å². The predicted octanol–water partition coefficient (Wildman–Crippen LogP) is 0.311. The van der Waals surface area contributed by atoms with E-state index in [9.17, 15) is 4.79 Å². The normalized spacial score (nSPS) is 10.6. The van der Waals surface area contributed by atoms with Gasteiger partial charge in [0.2, 0.25) is 0 Å². The molecule has 0 aromatic heterocycles. The van der Waals surface area contributed by atoms with Crippen molar-refractivity contribution in [3.05, 3.63) is 0 Å². The fraction of sp³-hybridized carbons (Fsp3) is 0.889. The Morgan fingerprint density at radius 3 is 2.36 bits per heavy atom. The van der Waals surface area contributed by atoms with Gasteiger partial charge in [0.1, 0.15) is 0 Å². The molecule has 0 unspecified atom stereocenters. The second-order valence-electron chi connectivity index (χ2n) is 2.76. The number of hydrogen-bond donors (Lipinski definition) is 1. The van der Waals surface area contributed by atoms with E-state index in [1.807, 2.05) is 0 Å². The van der Waals surface area contributed by atoms with Crippen LogP contribution in [0.1, 0.15) is 19.3 Å². The lowest BCUT2D eigenvalue weighted by molar-refractivity contribution is -0.183. The van der Waals surface area contributed by atoms with Gasteiger partial charge in [-0.05, 0) is 19.3 Å². The van der Waals surface area contributed by atoms with E-state index >= 15 is 0 Å². The Balaban J connectivity index is 3.43. The van der Waals surface area contributed by atoms with Crippen LogP contribution in [0.2, 0.25) is 0 Å². The fourth-order valence-electron chi connectivity index (χ4n) is 0.920. The highest BCUT2D eigenvalue weighted by atomic mass is 16.7. The Morgan fingerprint density at radius 1 is 1.21 bits per heavy atom. The average Bonchev–Trinajstić information content (AvgIpc) is 2.19. The van der Waals surface area contributed by atoms with Crippen molar-refractivity contribution < 1.29 is 24.1 Å². The van der Waals surface area contributed by atoms with Crippen molar-refractivity contribution in [3.8, 4) is 0 Å². The first-order valence-electron chi connectivity index (χ1n) is 4.59. The van der Waals surface area contributed by atoms with E-state index in [-0.39, 0.29) is 6.61 Å². The topological polar surface area (TPSA) is 65.0 Å². The molecule has 0 amide bonds. The first kappa shape index (κ1) is 13.4. The number of carbonyl (C=O) groups is 1. The Bertz CT molecular complexity index is 144. The minimum atomic E-state index is -0.937. The first-order valence-corrected chi connectivity index (χ1v) is 4.59. The van der Waals surface area contributed by atoms with Crippen molar-refractivity contribution in [2.75, 3.05) is 27.4 Å². The minimum Gasteiger partial charge on any atom is -0.462 e. The first-order chi connectivity index (χ1) is 6.76. The quantitative estimate of drug-likeness (QED) is 0.352. The summed E-state index contributed by atoms with van der Waals surface area (Å²) in [5.41, 5.74) is 0. The average molecular weight is 206 g/mol. The number of methoxy groups -OCH3 is 2. The lowest BCUT2D eigenvalue weighted by Crippen LogP contribution is -2.27. The van der Waals surface area contributed by atoms with E-state index in [0.29, 0.717) is 6.61 Å². The molecule has 0 radical (unpaired) electrons. The summed E-state index contributed by atoms with van der Waals surface area (Å²) in [5, 5.41) is 8.49. The maximum Gasteiger partial charge on any atom is 0.363 e. The Labute approximate surface area is 84.0 Å². The van der Waals surface area contributed by atoms with Crippen LogP contribution in [0.25, 0.3) is 0 Å². The molecule has 0 aliphatic carbocycles. The minimum absolute atomic E-state index is 0.173. The highest BCUT2D eigenvalue weighted by Gasteiger charge is 2.17. The van der Waals surface area contributed by atoms with Crippen molar-refractivity contribution in [2.45, 2.75) is 25.6 Å². The number of esters is 1. The summed E-state index contributed by atoms with van der Waals surface area (Å²) in [6, 6.07) is 0. The molecular formula is C9H18O5. The molecule has 0 aliphatic heterocycles. The second kappa shape index (κ2) is 8.93. The zero-order valence-electron chi connectivity index (χ0n) is 8.69. The van der Waals surface area contributed by atoms with Crippen LogP contribution < -0.4 is 0 Å². The molecule has 0 aromatic rings. The third kappa shape index (κ3) is 5.90. The number of rotatable bonds is 8. The van der Waals surface area contributed by atoms with Crippen molar-refractivity contribution in [1.29, 1.82) is 0 Å². The predicted molar refractivity (Wildman–Crippen MR) is 49.7 cm³/mol. The molecule has 5 heteroatoms. The van der Waals surface area contributed by atoms with E-state index in [1.54, 1.807) is 0 Å². The van der Waals surface area contributed by atoms with E-state index in [0.717, 1.165) is 19.3 Å². The van der Waals surface area contributed by atoms with Gasteiger partial charge in [0, 0.05) is 20.8 Å². The van der Waals surface area contributed by atoms with Gasteiger partial charge < -0.3 is 19.3 Å². The number of aliphatic hydroxyl groups is 1. The lowest BCUT2D eigenvalue weighted by Gasteiger charge is -2.11. The Kier molecular flexibility index (Phi) is 8.51. The summed E-state index contributed by atoms with van der Waals surface area (Å²) in [6.45, 7) is 0.509. The largest absolute Gasteiger partial charge is 0.462 e. The van der Waals surface area contributed by atoms with Crippen LogP contribution in [0.4, 0.5) is 0 Å². The molecule has 1 N–H and O–H groups in total. The van der Waals surface area contributed by atoms with E-state index < -0.39 is 12.3 Å². The molecule has 0 saturated heterocycles. The highest BCUT2D eigenvalue weighted by molar-refractivity contribution is 5.73. The van der Waals surface area contributed by atoms with E-state index in [4.69, 9.17) is 19.3 Å². The summed E-state index contributed by atoms with van der Waals surface area (Å²) in [7, 11) is 2.75. The number of unbranched alkanes of at least 4 members (excludes halogenated alkanes) is 2. The summed E-state index contributed by atoms with van der Waals surface area (Å²) >= 11 is 0. The molecule has 0 aliphatic rings. The van der Waals surface area contributed by atoms with Crippen LogP contribution in [0.5, 0.6) is 0 Å². The summed E-state index contributed by atoms with van der Waals surface area (Å²) in [6.07, 6.45) is 1.38. The van der Waals surface area contributed by atoms with Crippen LogP contribution >= 0.6 is 0 Å². The van der Waals surface area contributed by atoms with Crippen LogP contribution in [0.3, 0.4) is 0 Å². The van der Waals surface area contributed by atoms with Gasteiger partial charge in [0.15, 0.2) is 0 Å². The monoisotopic (exact) mass is 206 g/mol. The van der Waals surface area contributed by atoms with Gasteiger partial charge in [-0.3, -0.25) is 0 Å². The van der Waals surface area contributed by atoms with Gasteiger partial charge in [0.05, 0.1) is 6.61 Å².